The summed E-state index contributed by atoms with van der Waals surface area (Å²) >= 11 is 0. The summed E-state index contributed by atoms with van der Waals surface area (Å²) < 4.78 is 0. The number of aliphatic hydroxyl groups excluding tert-OH is 2. The van der Waals surface area contributed by atoms with Gasteiger partial charge in [0.1, 0.15) is 0 Å². The van der Waals surface area contributed by atoms with Crippen LogP contribution in [0.1, 0.15) is 65.2 Å². The van der Waals surface area contributed by atoms with Crippen molar-refractivity contribution in [2.45, 2.75) is 77.4 Å². The Balaban J connectivity index is 3.54. The van der Waals surface area contributed by atoms with Crippen molar-refractivity contribution in [1.82, 2.24) is 0 Å². The van der Waals surface area contributed by atoms with Crippen molar-refractivity contribution >= 4 is 0 Å². The summed E-state index contributed by atoms with van der Waals surface area (Å²) in [4.78, 5) is 0. The van der Waals surface area contributed by atoms with Gasteiger partial charge in [0, 0.05) is 0 Å². The molecular weight excluding hydrogens is 200 g/mol. The molecule has 0 rings (SSSR count). The Hall–Kier alpha value is -0.340. The summed E-state index contributed by atoms with van der Waals surface area (Å²) in [6.07, 6.45) is 11.2. The van der Waals surface area contributed by atoms with Gasteiger partial charge in [-0.25, -0.2) is 0 Å². The van der Waals surface area contributed by atoms with E-state index in [4.69, 9.17) is 0 Å². The van der Waals surface area contributed by atoms with Gasteiger partial charge >= 0.3 is 0 Å². The van der Waals surface area contributed by atoms with Crippen molar-refractivity contribution in [3.63, 3.8) is 0 Å². The van der Waals surface area contributed by atoms with E-state index in [9.17, 15) is 10.2 Å². The maximum Gasteiger partial charge on any atom is 0.0721 e. The highest BCUT2D eigenvalue weighted by molar-refractivity contribution is 4.93. The molecule has 2 heteroatoms. The Morgan fingerprint density at radius 1 is 0.750 bits per heavy atom. The van der Waals surface area contributed by atoms with Crippen LogP contribution < -0.4 is 0 Å². The van der Waals surface area contributed by atoms with E-state index in [1.165, 1.54) is 25.7 Å². The summed E-state index contributed by atoms with van der Waals surface area (Å²) in [5.41, 5.74) is 0. The molecule has 0 heterocycles. The Kier molecular flexibility index (Phi) is 10.9. The average molecular weight is 228 g/mol. The van der Waals surface area contributed by atoms with Crippen molar-refractivity contribution in [1.29, 1.82) is 0 Å². The maximum atomic E-state index is 9.60. The summed E-state index contributed by atoms with van der Waals surface area (Å²) in [6, 6.07) is 0. The first-order valence-electron chi connectivity index (χ1n) is 6.75. The molecule has 0 aliphatic heterocycles. The molecule has 0 aliphatic rings. The molecule has 96 valence electrons. The highest BCUT2D eigenvalue weighted by Gasteiger charge is 2.01. The molecule has 0 radical (unpaired) electrons. The second-order valence-electron chi connectivity index (χ2n) is 4.51. The molecule has 0 saturated carbocycles. The average Bonchev–Trinajstić information content (AvgIpc) is 2.27. The lowest BCUT2D eigenvalue weighted by Gasteiger charge is -2.07. The third-order valence-corrected chi connectivity index (χ3v) is 2.76. The molecular formula is C14H28O2. The minimum absolute atomic E-state index is 0.382. The van der Waals surface area contributed by atoms with Crippen molar-refractivity contribution in [2.24, 2.45) is 0 Å². The van der Waals surface area contributed by atoms with Crippen LogP contribution in [0.25, 0.3) is 0 Å². The first-order valence-corrected chi connectivity index (χ1v) is 6.75. The lowest BCUT2D eigenvalue weighted by atomic mass is 10.1. The number of unbranched alkanes of at least 4 members (excludes halogenated alkanes) is 4. The zero-order valence-corrected chi connectivity index (χ0v) is 10.9. The van der Waals surface area contributed by atoms with Crippen LogP contribution in [0.2, 0.25) is 0 Å². The molecule has 16 heavy (non-hydrogen) atoms. The van der Waals surface area contributed by atoms with Gasteiger partial charge in [0.25, 0.3) is 0 Å². The topological polar surface area (TPSA) is 40.5 Å². The lowest BCUT2D eigenvalue weighted by Crippen LogP contribution is -2.06. The number of aliphatic hydroxyl groups is 2. The predicted molar refractivity (Wildman–Crippen MR) is 69.4 cm³/mol. The van der Waals surface area contributed by atoms with Crippen molar-refractivity contribution in [3.05, 3.63) is 12.2 Å². The molecule has 0 aromatic rings. The van der Waals surface area contributed by atoms with Crippen LogP contribution in [-0.4, -0.2) is 22.4 Å². The number of rotatable bonds is 10. The van der Waals surface area contributed by atoms with E-state index in [0.29, 0.717) is 0 Å². The van der Waals surface area contributed by atoms with Gasteiger partial charge in [0.2, 0.25) is 0 Å². The monoisotopic (exact) mass is 228 g/mol. The number of hydrogen-bond acceptors (Lipinski definition) is 2. The van der Waals surface area contributed by atoms with Crippen LogP contribution in [0.4, 0.5) is 0 Å². The van der Waals surface area contributed by atoms with Crippen LogP contribution in [0.15, 0.2) is 12.2 Å². The van der Waals surface area contributed by atoms with Crippen LogP contribution in [0.5, 0.6) is 0 Å². The zero-order chi connectivity index (χ0) is 12.2. The highest BCUT2D eigenvalue weighted by Crippen LogP contribution is 2.07. The van der Waals surface area contributed by atoms with Crippen LogP contribution in [0.3, 0.4) is 0 Å². The van der Waals surface area contributed by atoms with E-state index in [1.807, 2.05) is 0 Å². The molecule has 0 saturated heterocycles. The van der Waals surface area contributed by atoms with Crippen molar-refractivity contribution in [2.75, 3.05) is 0 Å². The van der Waals surface area contributed by atoms with Crippen LogP contribution >= 0.6 is 0 Å². The molecule has 0 fully saturated rings. The SMILES string of the molecule is CCCCC[C@H](O)/C=C\[C@H](O)CCCCC. The van der Waals surface area contributed by atoms with Gasteiger partial charge in [-0.2, -0.15) is 0 Å². The summed E-state index contributed by atoms with van der Waals surface area (Å²) in [6.45, 7) is 4.30. The largest absolute Gasteiger partial charge is 0.389 e. The fraction of sp³-hybridized carbons (Fsp3) is 0.857. The quantitative estimate of drug-likeness (QED) is 0.444. The lowest BCUT2D eigenvalue weighted by molar-refractivity contribution is 0.192. The Bertz CT molecular complexity index is 148. The second-order valence-corrected chi connectivity index (χ2v) is 4.51. The molecule has 2 nitrogen and oxygen atoms in total. The van der Waals surface area contributed by atoms with E-state index < -0.39 is 0 Å². The van der Waals surface area contributed by atoms with Gasteiger partial charge < -0.3 is 10.2 Å². The highest BCUT2D eigenvalue weighted by atomic mass is 16.3. The van der Waals surface area contributed by atoms with Crippen LogP contribution in [0, 0.1) is 0 Å². The van der Waals surface area contributed by atoms with Gasteiger partial charge in [0.05, 0.1) is 12.2 Å². The first kappa shape index (κ1) is 15.7. The fourth-order valence-corrected chi connectivity index (χ4v) is 1.66. The first-order chi connectivity index (χ1) is 7.70. The molecule has 2 atom stereocenters. The molecule has 0 bridgehead atoms. The smallest absolute Gasteiger partial charge is 0.0721 e. The van der Waals surface area contributed by atoms with Gasteiger partial charge in [-0.3, -0.25) is 0 Å². The second kappa shape index (κ2) is 11.2. The molecule has 0 aromatic carbocycles. The van der Waals surface area contributed by atoms with E-state index in [0.717, 1.165) is 25.7 Å². The summed E-state index contributed by atoms with van der Waals surface area (Å²) in [5.74, 6) is 0. The fourth-order valence-electron chi connectivity index (χ4n) is 1.66. The van der Waals surface area contributed by atoms with E-state index >= 15 is 0 Å². The molecule has 0 spiro atoms. The number of hydrogen-bond donors (Lipinski definition) is 2. The minimum atomic E-state index is -0.382. The van der Waals surface area contributed by atoms with Gasteiger partial charge in [-0.1, -0.05) is 64.5 Å². The van der Waals surface area contributed by atoms with E-state index in [2.05, 4.69) is 13.8 Å². The van der Waals surface area contributed by atoms with Crippen molar-refractivity contribution < 1.29 is 10.2 Å². The summed E-state index contributed by atoms with van der Waals surface area (Å²) in [5, 5.41) is 19.2. The van der Waals surface area contributed by atoms with Crippen LogP contribution in [-0.2, 0) is 0 Å². The Morgan fingerprint density at radius 2 is 1.12 bits per heavy atom. The predicted octanol–water partition coefficient (Wildman–Crippen LogP) is 3.43. The van der Waals surface area contributed by atoms with Gasteiger partial charge in [0.15, 0.2) is 0 Å². The standard InChI is InChI=1S/C14H28O2/c1-3-5-7-9-13(15)11-12-14(16)10-8-6-4-2/h11-16H,3-10H2,1-2H3/b12-11-/t13-,14+. The third kappa shape index (κ3) is 10.2. The Morgan fingerprint density at radius 3 is 1.44 bits per heavy atom. The third-order valence-electron chi connectivity index (χ3n) is 2.76. The molecule has 0 aliphatic carbocycles. The molecule has 0 unspecified atom stereocenters. The molecule has 0 amide bonds. The van der Waals surface area contributed by atoms with Gasteiger partial charge in [-0.05, 0) is 12.8 Å². The Labute approximate surface area is 100 Å². The molecule has 0 aromatic heterocycles. The minimum Gasteiger partial charge on any atom is -0.389 e. The van der Waals surface area contributed by atoms with E-state index in [-0.39, 0.29) is 12.2 Å². The molecule has 2 N–H and O–H groups in total. The maximum absolute atomic E-state index is 9.60. The zero-order valence-electron chi connectivity index (χ0n) is 10.9. The van der Waals surface area contributed by atoms with Gasteiger partial charge in [-0.15, -0.1) is 0 Å². The summed E-state index contributed by atoms with van der Waals surface area (Å²) in [7, 11) is 0. The van der Waals surface area contributed by atoms with Crippen molar-refractivity contribution in [3.8, 4) is 0 Å². The normalized spacial score (nSPS) is 15.5. The van der Waals surface area contributed by atoms with E-state index in [1.54, 1.807) is 12.2 Å².